The zero-order valence-corrected chi connectivity index (χ0v) is 13.8. The SMILES string of the molecule is C=C(C)C(=O)OC(C)C(=O)OCC(=O)OC[CH2][Co](=[O])[C](=C)C. The quantitative estimate of drug-likeness (QED) is 0.350. The number of carbonyl (C=O) groups excluding carboxylic acids is 3. The van der Waals surface area contributed by atoms with Gasteiger partial charge in [-0.15, -0.1) is 0 Å². The van der Waals surface area contributed by atoms with Crippen molar-refractivity contribution < 1.29 is 46.0 Å². The first-order chi connectivity index (χ1) is 10.1. The first-order valence-electron chi connectivity index (χ1n) is 6.25. The number of ether oxygens (including phenoxy) is 3. The Balaban J connectivity index is 4.01. The van der Waals surface area contributed by atoms with Crippen molar-refractivity contribution in [2.75, 3.05) is 13.2 Å². The van der Waals surface area contributed by atoms with Gasteiger partial charge < -0.3 is 0 Å². The van der Waals surface area contributed by atoms with Gasteiger partial charge in [0.05, 0.1) is 0 Å². The number of hydrogen-bond acceptors (Lipinski definition) is 7. The summed E-state index contributed by atoms with van der Waals surface area (Å²) in [5.74, 6) is -2.38. The van der Waals surface area contributed by atoms with E-state index in [0.717, 1.165) is 0 Å². The van der Waals surface area contributed by atoms with E-state index in [1.165, 1.54) is 13.8 Å². The zero-order chi connectivity index (χ0) is 17.3. The molecule has 1 atom stereocenters. The summed E-state index contributed by atoms with van der Waals surface area (Å²) in [6, 6.07) is 0. The van der Waals surface area contributed by atoms with E-state index in [1.807, 2.05) is 0 Å². The molecule has 8 heteroatoms. The summed E-state index contributed by atoms with van der Waals surface area (Å²) in [7, 11) is 0. The van der Waals surface area contributed by atoms with Crippen molar-refractivity contribution >= 4 is 17.9 Å². The molecule has 0 aromatic heterocycles. The van der Waals surface area contributed by atoms with Crippen LogP contribution in [0.25, 0.3) is 0 Å². The van der Waals surface area contributed by atoms with Crippen LogP contribution in [0.15, 0.2) is 23.2 Å². The third kappa shape index (κ3) is 8.48. The summed E-state index contributed by atoms with van der Waals surface area (Å²) >= 11 is -1.59. The van der Waals surface area contributed by atoms with E-state index < -0.39 is 44.2 Å². The first-order valence-corrected chi connectivity index (χ1v) is 7.93. The molecule has 0 radical (unpaired) electrons. The van der Waals surface area contributed by atoms with Crippen molar-refractivity contribution in [1.29, 1.82) is 0 Å². The molecule has 127 valence electrons. The van der Waals surface area contributed by atoms with Crippen LogP contribution in [0.5, 0.6) is 0 Å². The molecule has 0 aliphatic rings. The van der Waals surface area contributed by atoms with Gasteiger partial charge in [0.2, 0.25) is 0 Å². The van der Waals surface area contributed by atoms with Crippen LogP contribution < -0.4 is 0 Å². The maximum atomic E-state index is 11.5. The second-order valence-electron chi connectivity index (χ2n) is 4.24. The predicted molar refractivity (Wildman–Crippen MR) is 72.6 cm³/mol. The standard InChI is InChI=1S/C11H15O6.C3H5.Co.O/c1-5-15-9(12)6-16-11(14)8(4)17-10(13)7(2)3;1-3-2;;/h8H,1-2,5-6H2,3-4H3;1H2,2H3;;. The van der Waals surface area contributed by atoms with Crippen LogP contribution in [0.4, 0.5) is 0 Å². The Hall–Kier alpha value is -1.80. The van der Waals surface area contributed by atoms with Gasteiger partial charge in [0.15, 0.2) is 0 Å². The number of esters is 3. The molecule has 0 saturated heterocycles. The van der Waals surface area contributed by atoms with Crippen LogP contribution in [-0.2, 0) is 46.0 Å². The fourth-order valence-corrected chi connectivity index (χ4v) is 1.69. The van der Waals surface area contributed by atoms with E-state index in [0.29, 0.717) is 4.51 Å². The average molecular weight is 359 g/mol. The summed E-state index contributed by atoms with van der Waals surface area (Å²) in [6.45, 7) is 10.6. The van der Waals surface area contributed by atoms with Crippen molar-refractivity contribution in [3.8, 4) is 0 Å². The van der Waals surface area contributed by atoms with Crippen molar-refractivity contribution in [2.45, 2.75) is 32.2 Å². The van der Waals surface area contributed by atoms with Crippen molar-refractivity contribution in [2.24, 2.45) is 0 Å². The fourth-order valence-electron chi connectivity index (χ4n) is 0.950. The third-order valence-electron chi connectivity index (χ3n) is 2.10. The van der Waals surface area contributed by atoms with Gasteiger partial charge in [-0.3, -0.25) is 0 Å². The second kappa shape index (κ2) is 10.0. The molecule has 0 heterocycles. The predicted octanol–water partition coefficient (Wildman–Crippen LogP) is 1.50. The number of carbonyl (C=O) groups is 3. The monoisotopic (exact) mass is 359 g/mol. The van der Waals surface area contributed by atoms with Gasteiger partial charge in [0, 0.05) is 0 Å². The van der Waals surface area contributed by atoms with Crippen LogP contribution >= 0.6 is 0 Å². The van der Waals surface area contributed by atoms with Crippen LogP contribution in [0, 0.1) is 0 Å². The molecule has 7 nitrogen and oxygen atoms in total. The van der Waals surface area contributed by atoms with Gasteiger partial charge >= 0.3 is 133 Å². The van der Waals surface area contributed by atoms with Crippen LogP contribution in [0.1, 0.15) is 20.8 Å². The van der Waals surface area contributed by atoms with Crippen molar-refractivity contribution in [3.63, 3.8) is 0 Å². The molecule has 0 aromatic carbocycles. The molecule has 0 aliphatic carbocycles. The molecule has 1 unspecified atom stereocenters. The van der Waals surface area contributed by atoms with Gasteiger partial charge in [-0.05, 0) is 0 Å². The van der Waals surface area contributed by atoms with Gasteiger partial charge in [0.1, 0.15) is 0 Å². The molecule has 0 fully saturated rings. The first kappa shape index (κ1) is 20.2. The Kier molecular flexibility index (Phi) is 9.19. The summed E-state index contributed by atoms with van der Waals surface area (Å²) in [4.78, 5) is 34.0. The van der Waals surface area contributed by atoms with E-state index in [2.05, 4.69) is 17.9 Å². The van der Waals surface area contributed by atoms with Crippen molar-refractivity contribution in [1.82, 2.24) is 0 Å². The number of rotatable bonds is 9. The minimum absolute atomic E-state index is 0.0579. The molecule has 0 rings (SSSR count). The summed E-state index contributed by atoms with van der Waals surface area (Å²) in [5.41, 5.74) is 0.144. The molecular formula is C14H20CoO7. The summed E-state index contributed by atoms with van der Waals surface area (Å²) < 4.78 is 26.0. The van der Waals surface area contributed by atoms with Crippen LogP contribution in [0.2, 0.25) is 5.36 Å². The molecule has 0 aromatic rings. The normalized spacial score (nSPS) is 11.9. The molecule has 0 saturated carbocycles. The van der Waals surface area contributed by atoms with Crippen molar-refractivity contribution in [3.05, 3.63) is 23.2 Å². The topological polar surface area (TPSA) is 96.0 Å². The Morgan fingerprint density at radius 2 is 1.73 bits per heavy atom. The van der Waals surface area contributed by atoms with Gasteiger partial charge in [-0.1, -0.05) is 0 Å². The Morgan fingerprint density at radius 1 is 1.14 bits per heavy atom. The molecule has 0 spiro atoms. The van der Waals surface area contributed by atoms with Gasteiger partial charge in [-0.25, -0.2) is 0 Å². The minimum atomic E-state index is -1.59. The zero-order valence-electron chi connectivity index (χ0n) is 12.8. The van der Waals surface area contributed by atoms with E-state index in [-0.39, 0.29) is 17.5 Å². The number of hydrogen-bond donors (Lipinski definition) is 0. The Bertz CT molecular complexity index is 495. The summed E-state index contributed by atoms with van der Waals surface area (Å²) in [6.07, 6.45) is -1.16. The molecule has 0 amide bonds. The number of allylic oxidation sites excluding steroid dienone is 1. The van der Waals surface area contributed by atoms with E-state index in [9.17, 15) is 18.2 Å². The maximum absolute atomic E-state index is 11.5. The van der Waals surface area contributed by atoms with Gasteiger partial charge in [-0.2, -0.15) is 0 Å². The average Bonchev–Trinajstić information content (AvgIpc) is 2.43. The molecule has 0 aliphatic heterocycles. The van der Waals surface area contributed by atoms with E-state index >= 15 is 0 Å². The second-order valence-corrected chi connectivity index (χ2v) is 6.53. The molecule has 0 bridgehead atoms. The third-order valence-corrected chi connectivity index (χ3v) is 3.77. The van der Waals surface area contributed by atoms with E-state index in [1.54, 1.807) is 6.92 Å². The summed E-state index contributed by atoms with van der Waals surface area (Å²) in [5, 5.41) is 0.161. The van der Waals surface area contributed by atoms with Gasteiger partial charge in [0.25, 0.3) is 0 Å². The fraction of sp³-hybridized carbons (Fsp3) is 0.500. The van der Waals surface area contributed by atoms with Crippen LogP contribution in [0.3, 0.4) is 0 Å². The molecular weight excluding hydrogens is 339 g/mol. The Labute approximate surface area is 133 Å². The van der Waals surface area contributed by atoms with E-state index in [4.69, 9.17) is 9.47 Å². The molecule has 22 heavy (non-hydrogen) atoms. The van der Waals surface area contributed by atoms with Crippen LogP contribution in [-0.4, -0.2) is 37.2 Å². The Morgan fingerprint density at radius 3 is 2.23 bits per heavy atom. The molecule has 0 N–H and O–H groups in total.